The number of amides is 1. The number of aryl methyl sites for hydroxylation is 1. The largest absolute Gasteiger partial charge is 0.446 e. The van der Waals surface area contributed by atoms with Gasteiger partial charge in [-0.25, -0.2) is 4.98 Å². The monoisotopic (exact) mass is 409 g/mol. The second-order valence-electron chi connectivity index (χ2n) is 8.26. The van der Waals surface area contributed by atoms with E-state index in [4.69, 9.17) is 4.42 Å². The van der Waals surface area contributed by atoms with Crippen LogP contribution in [-0.4, -0.2) is 48.5 Å². The SMILES string of the molecule is Cc1oc(CC2CCCCN2C(=O)c2ccccc2-n2nccn2)nc1C(C)(C)O. The standard InChI is InChI=1S/C22H27N5O3/c1-15-20(22(2,3)29)25-19(30-15)14-16-8-6-7-13-26(16)21(28)17-9-4-5-10-18(17)27-23-11-12-24-27/h4-5,9-12,16,29H,6-8,13-14H2,1-3H3. The van der Waals surface area contributed by atoms with Crippen molar-refractivity contribution in [3.05, 3.63) is 59.6 Å². The Morgan fingerprint density at radius 2 is 1.97 bits per heavy atom. The van der Waals surface area contributed by atoms with E-state index in [1.165, 1.54) is 4.80 Å². The Morgan fingerprint density at radius 1 is 1.23 bits per heavy atom. The second-order valence-corrected chi connectivity index (χ2v) is 8.26. The number of rotatable bonds is 5. The molecule has 0 saturated carbocycles. The van der Waals surface area contributed by atoms with E-state index in [2.05, 4.69) is 15.2 Å². The molecule has 0 radical (unpaired) electrons. The maximum Gasteiger partial charge on any atom is 0.256 e. The van der Waals surface area contributed by atoms with Crippen molar-refractivity contribution in [1.29, 1.82) is 0 Å². The molecular formula is C22H27N5O3. The third-order valence-electron chi connectivity index (χ3n) is 5.49. The number of para-hydroxylation sites is 1. The molecule has 3 heterocycles. The van der Waals surface area contributed by atoms with Gasteiger partial charge in [0.2, 0.25) is 0 Å². The van der Waals surface area contributed by atoms with Gasteiger partial charge in [-0.3, -0.25) is 4.79 Å². The summed E-state index contributed by atoms with van der Waals surface area (Å²) in [5.74, 6) is 1.12. The molecule has 0 bridgehead atoms. The molecule has 158 valence electrons. The third-order valence-corrected chi connectivity index (χ3v) is 5.49. The molecule has 8 nitrogen and oxygen atoms in total. The minimum atomic E-state index is -1.07. The molecule has 1 aromatic carbocycles. The first kappa shape index (κ1) is 20.3. The van der Waals surface area contributed by atoms with Crippen LogP contribution in [0.5, 0.6) is 0 Å². The zero-order valence-electron chi connectivity index (χ0n) is 17.6. The van der Waals surface area contributed by atoms with Gasteiger partial charge in [-0.05, 0) is 52.2 Å². The average molecular weight is 409 g/mol. The normalized spacial score (nSPS) is 17.3. The summed E-state index contributed by atoms with van der Waals surface area (Å²) in [6.07, 6.45) is 6.60. The molecule has 4 rings (SSSR count). The highest BCUT2D eigenvalue weighted by molar-refractivity contribution is 5.98. The number of nitrogens with zero attached hydrogens (tertiary/aromatic N) is 5. The Hall–Kier alpha value is -3.00. The highest BCUT2D eigenvalue weighted by Crippen LogP contribution is 2.28. The van der Waals surface area contributed by atoms with Crippen molar-refractivity contribution in [2.24, 2.45) is 0 Å². The van der Waals surface area contributed by atoms with Crippen LogP contribution in [0, 0.1) is 6.92 Å². The lowest BCUT2D eigenvalue weighted by molar-refractivity contribution is 0.0603. The van der Waals surface area contributed by atoms with Gasteiger partial charge in [-0.1, -0.05) is 12.1 Å². The Kier molecular flexibility index (Phi) is 5.42. The zero-order valence-corrected chi connectivity index (χ0v) is 17.6. The lowest BCUT2D eigenvalue weighted by Gasteiger charge is -2.35. The highest BCUT2D eigenvalue weighted by atomic mass is 16.4. The van der Waals surface area contributed by atoms with Gasteiger partial charge in [-0.2, -0.15) is 15.0 Å². The molecule has 1 aliphatic rings. The second kappa shape index (κ2) is 8.02. The molecule has 1 atom stereocenters. The fourth-order valence-electron chi connectivity index (χ4n) is 4.11. The molecule has 1 N–H and O–H groups in total. The average Bonchev–Trinajstić information content (AvgIpc) is 3.37. The molecule has 1 fully saturated rings. The summed E-state index contributed by atoms with van der Waals surface area (Å²) in [5, 5.41) is 18.7. The lowest BCUT2D eigenvalue weighted by Crippen LogP contribution is -2.45. The quantitative estimate of drug-likeness (QED) is 0.696. The smallest absolute Gasteiger partial charge is 0.256 e. The van der Waals surface area contributed by atoms with Crippen molar-refractivity contribution in [3.63, 3.8) is 0 Å². The molecule has 3 aromatic rings. The summed E-state index contributed by atoms with van der Waals surface area (Å²) in [6.45, 7) is 5.87. The van der Waals surface area contributed by atoms with Gasteiger partial charge in [0.15, 0.2) is 5.89 Å². The fraction of sp³-hybridized carbons (Fsp3) is 0.455. The first-order chi connectivity index (χ1) is 14.3. The van der Waals surface area contributed by atoms with Crippen LogP contribution in [0.25, 0.3) is 5.69 Å². The van der Waals surface area contributed by atoms with E-state index in [1.807, 2.05) is 29.2 Å². The van der Waals surface area contributed by atoms with Gasteiger partial charge in [0.25, 0.3) is 5.91 Å². The van der Waals surface area contributed by atoms with Crippen LogP contribution in [-0.2, 0) is 12.0 Å². The van der Waals surface area contributed by atoms with Gasteiger partial charge >= 0.3 is 0 Å². The number of oxazole rings is 1. The molecule has 0 spiro atoms. The summed E-state index contributed by atoms with van der Waals surface area (Å²) in [7, 11) is 0. The van der Waals surface area contributed by atoms with Gasteiger partial charge < -0.3 is 14.4 Å². The van der Waals surface area contributed by atoms with Gasteiger partial charge in [0.05, 0.1) is 23.6 Å². The van der Waals surface area contributed by atoms with Gasteiger partial charge in [-0.15, -0.1) is 0 Å². The van der Waals surface area contributed by atoms with Crippen LogP contribution in [0.3, 0.4) is 0 Å². The number of piperidine rings is 1. The Labute approximate surface area is 175 Å². The van der Waals surface area contributed by atoms with E-state index in [1.54, 1.807) is 33.2 Å². The van der Waals surface area contributed by atoms with E-state index in [0.717, 1.165) is 19.3 Å². The van der Waals surface area contributed by atoms with E-state index in [-0.39, 0.29) is 11.9 Å². The number of carbonyl (C=O) groups excluding carboxylic acids is 1. The molecule has 1 saturated heterocycles. The number of aromatic nitrogens is 4. The van der Waals surface area contributed by atoms with Gasteiger partial charge in [0.1, 0.15) is 17.1 Å². The molecule has 30 heavy (non-hydrogen) atoms. The summed E-state index contributed by atoms with van der Waals surface area (Å²) in [4.78, 5) is 21.4. The van der Waals surface area contributed by atoms with Crippen molar-refractivity contribution < 1.29 is 14.3 Å². The van der Waals surface area contributed by atoms with Crippen LogP contribution in [0.15, 0.2) is 41.1 Å². The summed E-state index contributed by atoms with van der Waals surface area (Å²) < 4.78 is 5.83. The minimum Gasteiger partial charge on any atom is -0.446 e. The van der Waals surface area contributed by atoms with Crippen LogP contribution in [0.4, 0.5) is 0 Å². The number of likely N-dealkylation sites (tertiary alicyclic amines) is 1. The molecular weight excluding hydrogens is 382 g/mol. The number of hydrogen-bond donors (Lipinski definition) is 1. The number of benzene rings is 1. The summed E-state index contributed by atoms with van der Waals surface area (Å²) in [5.41, 5.74) is 0.708. The Morgan fingerprint density at radius 3 is 2.67 bits per heavy atom. The predicted octanol–water partition coefficient (Wildman–Crippen LogP) is 3.03. The van der Waals surface area contributed by atoms with Crippen LogP contribution in [0.2, 0.25) is 0 Å². The lowest BCUT2D eigenvalue weighted by atomic mass is 9.97. The number of carbonyl (C=O) groups is 1. The van der Waals surface area contributed by atoms with Crippen molar-refractivity contribution in [2.75, 3.05) is 6.54 Å². The van der Waals surface area contributed by atoms with Crippen molar-refractivity contribution in [2.45, 2.75) is 58.1 Å². The van der Waals surface area contributed by atoms with Crippen molar-refractivity contribution in [3.8, 4) is 5.69 Å². The first-order valence-electron chi connectivity index (χ1n) is 10.3. The van der Waals surface area contributed by atoms with Crippen LogP contribution in [0.1, 0.15) is 60.8 Å². The molecule has 8 heteroatoms. The summed E-state index contributed by atoms with van der Waals surface area (Å²) in [6, 6.07) is 7.37. The molecule has 1 unspecified atom stereocenters. The van der Waals surface area contributed by atoms with Gasteiger partial charge in [0, 0.05) is 19.0 Å². The number of hydrogen-bond acceptors (Lipinski definition) is 6. The summed E-state index contributed by atoms with van der Waals surface area (Å²) >= 11 is 0. The van der Waals surface area contributed by atoms with Crippen LogP contribution < -0.4 is 0 Å². The van der Waals surface area contributed by atoms with Crippen molar-refractivity contribution in [1.82, 2.24) is 24.9 Å². The fourth-order valence-corrected chi connectivity index (χ4v) is 4.11. The van der Waals surface area contributed by atoms with Crippen molar-refractivity contribution >= 4 is 5.91 Å². The maximum atomic E-state index is 13.5. The highest BCUT2D eigenvalue weighted by Gasteiger charge is 2.32. The topological polar surface area (TPSA) is 97.3 Å². The zero-order chi connectivity index (χ0) is 21.3. The first-order valence-corrected chi connectivity index (χ1v) is 10.3. The minimum absolute atomic E-state index is 0.0161. The molecule has 2 aromatic heterocycles. The van der Waals surface area contributed by atoms with E-state index in [0.29, 0.717) is 41.6 Å². The molecule has 0 aliphatic carbocycles. The molecule has 1 aliphatic heterocycles. The maximum absolute atomic E-state index is 13.5. The third kappa shape index (κ3) is 4.00. The predicted molar refractivity (Wildman–Crippen MR) is 110 cm³/mol. The Bertz CT molecular complexity index is 1020. The van der Waals surface area contributed by atoms with Crippen LogP contribution >= 0.6 is 0 Å². The van der Waals surface area contributed by atoms with E-state index < -0.39 is 5.60 Å². The van der Waals surface area contributed by atoms with E-state index >= 15 is 0 Å². The number of aliphatic hydroxyl groups is 1. The van der Waals surface area contributed by atoms with E-state index in [9.17, 15) is 9.90 Å². The Balaban J connectivity index is 1.60. The molecule has 1 amide bonds.